The first-order valence-electron chi connectivity index (χ1n) is 19.6. The molecule has 0 atom stereocenters. The zero-order valence-corrected chi connectivity index (χ0v) is 38.5. The second kappa shape index (κ2) is 20.7. The summed E-state index contributed by atoms with van der Waals surface area (Å²) in [5.41, 5.74) is -3.98. The number of alkyl halides is 15. The molecule has 0 bridgehead atoms. The topological polar surface area (TPSA) is 57.5 Å². The Labute approximate surface area is 401 Å². The molecular weight excluding hydrogens is 1140 g/mol. The number of aromatic nitrogens is 7. The molecule has 371 valence electrons. The van der Waals surface area contributed by atoms with Gasteiger partial charge in [0, 0.05) is 43.4 Å². The van der Waals surface area contributed by atoms with Crippen LogP contribution in [0.25, 0.3) is 45.3 Å². The molecule has 8 rings (SSSR count). The number of hydrogen-bond donors (Lipinski definition) is 0. The predicted molar refractivity (Wildman–Crippen MR) is 215 cm³/mol. The van der Waals surface area contributed by atoms with E-state index in [0.29, 0.717) is 51.7 Å². The summed E-state index contributed by atoms with van der Waals surface area (Å²) < 4.78 is 200. The van der Waals surface area contributed by atoms with Gasteiger partial charge in [0.1, 0.15) is 5.69 Å². The van der Waals surface area contributed by atoms with Crippen molar-refractivity contribution in [3.8, 4) is 45.3 Å². The van der Waals surface area contributed by atoms with Crippen molar-refractivity contribution in [1.82, 2.24) is 24.3 Å². The van der Waals surface area contributed by atoms with Gasteiger partial charge in [-0.15, -0.1) is 0 Å². The summed E-state index contributed by atoms with van der Waals surface area (Å²) in [6.45, 7) is 3.22. The van der Waals surface area contributed by atoms with Crippen LogP contribution in [0.3, 0.4) is 0 Å². The molecule has 0 aliphatic heterocycles. The molecule has 70 heavy (non-hydrogen) atoms. The fourth-order valence-corrected chi connectivity index (χ4v) is 6.57. The molecule has 0 N–H and O–H groups in total. The fourth-order valence-electron chi connectivity index (χ4n) is 6.57. The number of nitrogens with zero attached hydrogens (tertiary/aromatic N) is 7. The molecular formula is C47H31F15IrN7-3. The predicted octanol–water partition coefficient (Wildman–Crippen LogP) is 11.9. The molecule has 4 aromatic heterocycles. The summed E-state index contributed by atoms with van der Waals surface area (Å²) in [6.07, 6.45) is -17.3. The molecule has 4 aromatic carbocycles. The molecule has 7 nitrogen and oxygen atoms in total. The summed E-state index contributed by atoms with van der Waals surface area (Å²) >= 11 is 0. The summed E-state index contributed by atoms with van der Waals surface area (Å²) in [4.78, 5) is 3.87. The van der Waals surface area contributed by atoms with E-state index in [2.05, 4.69) is 40.0 Å². The summed E-state index contributed by atoms with van der Waals surface area (Å²) in [6, 6.07) is 28.9. The standard InChI is InChI=1S/C24H15F6N2.C14H11F6N2.C9H5F3N3.Ir/c1-31-15-32(20-13-12-18(23(25,26)27)14-19(20)24(28,29)30)22(17-10-6-3-7-11-17)21(31)16-8-4-2-5-9-16;1-8-9(2)22(7-21(8)3)12-5-4-10(13(15,16)17)6-11(12)14(18,19)20;10-9(11,12)8-5-7(14-15-8)6-3-1-2-4-13-6;/h2-12,14H,1H3;4,6H,1-3H3;1-5H;/q3*-1;. The molecule has 0 amide bonds. The first kappa shape index (κ1) is 54.2. The molecule has 0 aliphatic rings. The molecule has 0 saturated carbocycles. The minimum Gasteiger partial charge on any atom is -0.573 e. The van der Waals surface area contributed by atoms with Crippen LogP contribution in [-0.4, -0.2) is 19.2 Å². The van der Waals surface area contributed by atoms with Crippen molar-refractivity contribution >= 4 is 0 Å². The Hall–Kier alpha value is -6.74. The average molecular weight is 1170 g/mol. The van der Waals surface area contributed by atoms with Crippen molar-refractivity contribution < 1.29 is 95.1 Å². The smallest absolute Gasteiger partial charge is 0.431 e. The van der Waals surface area contributed by atoms with Gasteiger partial charge in [0.05, 0.1) is 25.5 Å². The van der Waals surface area contributed by atoms with Gasteiger partial charge in [0.15, 0.2) is 0 Å². The van der Waals surface area contributed by atoms with E-state index in [1.807, 2.05) is 0 Å². The van der Waals surface area contributed by atoms with Crippen molar-refractivity contribution in [2.45, 2.75) is 44.7 Å². The maximum atomic E-state index is 13.8. The number of benzene rings is 4. The second-order valence-electron chi connectivity index (χ2n) is 14.7. The van der Waals surface area contributed by atoms with Gasteiger partial charge in [-0.3, -0.25) is 4.98 Å². The van der Waals surface area contributed by atoms with Crippen molar-refractivity contribution in [2.24, 2.45) is 14.1 Å². The minimum atomic E-state index is -5.04. The summed E-state index contributed by atoms with van der Waals surface area (Å²) in [7, 11) is 3.19. The first-order chi connectivity index (χ1) is 32.1. The molecule has 0 unspecified atom stereocenters. The Balaban J connectivity index is 0.000000209. The van der Waals surface area contributed by atoms with E-state index in [0.717, 1.165) is 15.2 Å². The number of pyridine rings is 1. The van der Waals surface area contributed by atoms with Gasteiger partial charge in [-0.05, 0) is 43.2 Å². The van der Waals surface area contributed by atoms with Gasteiger partial charge in [-0.25, -0.2) is 0 Å². The third kappa shape index (κ3) is 12.3. The zero-order chi connectivity index (χ0) is 50.9. The molecule has 0 spiro atoms. The fraction of sp³-hybridized carbons (Fsp3) is 0.191. The minimum absolute atomic E-state index is 0. The van der Waals surface area contributed by atoms with Crippen LogP contribution in [0.5, 0.6) is 0 Å². The van der Waals surface area contributed by atoms with Crippen molar-refractivity contribution in [1.29, 1.82) is 0 Å². The maximum Gasteiger partial charge on any atom is 0.431 e. The first-order valence-corrected chi connectivity index (χ1v) is 19.6. The second-order valence-corrected chi connectivity index (χ2v) is 14.7. The van der Waals surface area contributed by atoms with Crippen molar-refractivity contribution in [3.05, 3.63) is 180 Å². The van der Waals surface area contributed by atoms with Crippen LogP contribution >= 0.6 is 0 Å². The maximum absolute atomic E-state index is 13.8. The number of imidazole rings is 2. The van der Waals surface area contributed by atoms with Gasteiger partial charge >= 0.3 is 30.9 Å². The van der Waals surface area contributed by atoms with E-state index in [9.17, 15) is 65.9 Å². The molecule has 0 saturated heterocycles. The molecule has 4 heterocycles. The molecule has 1 radical (unpaired) electrons. The van der Waals surface area contributed by atoms with E-state index in [1.54, 1.807) is 107 Å². The number of halogens is 15. The Morgan fingerprint density at radius 2 is 1.01 bits per heavy atom. The van der Waals surface area contributed by atoms with Crippen LogP contribution < -0.4 is 14.2 Å². The molecule has 0 aliphatic carbocycles. The molecule has 8 aromatic rings. The largest absolute Gasteiger partial charge is 0.573 e. The normalized spacial score (nSPS) is 12.1. The van der Waals surface area contributed by atoms with E-state index >= 15 is 0 Å². The zero-order valence-electron chi connectivity index (χ0n) is 36.1. The van der Waals surface area contributed by atoms with Crippen LogP contribution in [0.1, 0.15) is 39.3 Å². The molecule has 0 fully saturated rings. The Morgan fingerprint density at radius 3 is 1.43 bits per heavy atom. The van der Waals surface area contributed by atoms with E-state index in [-0.39, 0.29) is 37.9 Å². The number of rotatable bonds is 5. The SMILES string of the molecule is C[n+]1[c-]n(-c2[c-]cc(C(F)(F)F)cc2C(F)(F)F)c(-c2ccccc2)c1-c1ccccc1.Cc1c(C)[n+](C)[c-]n1-c1[c-]cc(C(F)(F)F)cc1C(F)(F)F.FC(F)(F)c1cc(-c2ccccn2)[n-]n1.[Ir]. The van der Waals surface area contributed by atoms with Crippen LogP contribution in [0.2, 0.25) is 0 Å². The van der Waals surface area contributed by atoms with Gasteiger partial charge < -0.3 is 28.5 Å². The van der Waals surface area contributed by atoms with Gasteiger partial charge in [0.2, 0.25) is 12.7 Å². The molecule has 23 heteroatoms. The van der Waals surface area contributed by atoms with Gasteiger partial charge in [0.25, 0.3) is 0 Å². The van der Waals surface area contributed by atoms with E-state index in [1.165, 1.54) is 15.3 Å². The Bertz CT molecular complexity index is 3020. The van der Waals surface area contributed by atoms with Crippen LogP contribution in [0.4, 0.5) is 65.9 Å². The number of aryl methyl sites for hydroxylation is 2. The van der Waals surface area contributed by atoms with Crippen LogP contribution in [0.15, 0.2) is 115 Å². The van der Waals surface area contributed by atoms with Gasteiger partial charge in [-0.1, -0.05) is 106 Å². The van der Waals surface area contributed by atoms with E-state index < -0.39 is 70.2 Å². The van der Waals surface area contributed by atoms with Gasteiger partial charge in [-0.2, -0.15) is 102 Å². The third-order valence-electron chi connectivity index (χ3n) is 10.0. The van der Waals surface area contributed by atoms with Crippen molar-refractivity contribution in [3.63, 3.8) is 0 Å². The quantitative estimate of drug-likeness (QED) is 0.0980. The summed E-state index contributed by atoms with van der Waals surface area (Å²) in [5.74, 6) is 0. The summed E-state index contributed by atoms with van der Waals surface area (Å²) in [5, 5.41) is 6.47. The Kier molecular flexibility index (Phi) is 16.0. The average Bonchev–Trinajstić information content (AvgIpc) is 3.99. The van der Waals surface area contributed by atoms with Crippen molar-refractivity contribution in [2.75, 3.05) is 0 Å². The van der Waals surface area contributed by atoms with Crippen LogP contribution in [0, 0.1) is 38.6 Å². The Morgan fingerprint density at radius 1 is 0.543 bits per heavy atom. The van der Waals surface area contributed by atoms with E-state index in [4.69, 9.17) is 0 Å². The third-order valence-corrected chi connectivity index (χ3v) is 10.0. The number of hydrogen-bond acceptors (Lipinski definition) is 2. The van der Waals surface area contributed by atoms with Crippen LogP contribution in [-0.2, 0) is 65.1 Å². The monoisotopic (exact) mass is 1170 g/mol.